The van der Waals surface area contributed by atoms with Crippen molar-refractivity contribution in [1.29, 1.82) is 0 Å². The third-order valence-electron chi connectivity index (χ3n) is 5.08. The standard InChI is InChI=1S/C23H23N5O6S/c1-4-21(29)24-13-16-9-10-28(25-16)14-15-11-18(33-3)22-19(12-15)34-26-23(22)27-35(30,31)20-8-6-5-7-17(20)32-2/h4-12H,1,13-14H2,2-3H3,(H,24,29)(H,26,27). The van der Waals surface area contributed by atoms with Gasteiger partial charge in [-0.2, -0.15) is 5.10 Å². The first kappa shape index (κ1) is 23.8. The fraction of sp³-hybridized carbons (Fsp3) is 0.174. The van der Waals surface area contributed by atoms with E-state index >= 15 is 0 Å². The number of fused-ring (bicyclic) bond motifs is 1. The minimum atomic E-state index is -4.02. The lowest BCUT2D eigenvalue weighted by molar-refractivity contribution is -0.116. The molecule has 182 valence electrons. The highest BCUT2D eigenvalue weighted by atomic mass is 32.2. The van der Waals surface area contributed by atoms with Crippen LogP contribution in [0.2, 0.25) is 0 Å². The van der Waals surface area contributed by atoms with Crippen LogP contribution in [0.5, 0.6) is 11.5 Å². The van der Waals surface area contributed by atoms with Gasteiger partial charge in [-0.3, -0.25) is 14.2 Å². The van der Waals surface area contributed by atoms with Crippen molar-refractivity contribution >= 4 is 32.7 Å². The van der Waals surface area contributed by atoms with E-state index in [1.54, 1.807) is 47.3 Å². The monoisotopic (exact) mass is 497 g/mol. The normalized spacial score (nSPS) is 11.3. The second-order valence-electron chi connectivity index (χ2n) is 7.39. The summed E-state index contributed by atoms with van der Waals surface area (Å²) in [7, 11) is -1.15. The molecule has 0 saturated heterocycles. The van der Waals surface area contributed by atoms with Gasteiger partial charge in [-0.1, -0.05) is 23.9 Å². The smallest absolute Gasteiger partial charge is 0.266 e. The summed E-state index contributed by atoms with van der Waals surface area (Å²) in [6, 6.07) is 11.5. The molecule has 12 heteroatoms. The highest BCUT2D eigenvalue weighted by molar-refractivity contribution is 7.92. The van der Waals surface area contributed by atoms with Crippen LogP contribution < -0.4 is 19.5 Å². The zero-order valence-corrected chi connectivity index (χ0v) is 19.8. The Morgan fingerprint density at radius 2 is 1.94 bits per heavy atom. The fourth-order valence-electron chi connectivity index (χ4n) is 3.46. The van der Waals surface area contributed by atoms with Gasteiger partial charge in [0.2, 0.25) is 5.91 Å². The van der Waals surface area contributed by atoms with Crippen LogP contribution in [0.3, 0.4) is 0 Å². The van der Waals surface area contributed by atoms with Crippen LogP contribution in [-0.4, -0.2) is 43.5 Å². The highest BCUT2D eigenvalue weighted by Gasteiger charge is 2.24. The summed E-state index contributed by atoms with van der Waals surface area (Å²) < 4.78 is 46.2. The third-order valence-corrected chi connectivity index (χ3v) is 6.46. The molecule has 0 atom stereocenters. The minimum absolute atomic E-state index is 0.00589. The lowest BCUT2D eigenvalue weighted by Gasteiger charge is -2.11. The Hall–Kier alpha value is -4.32. The number of carbonyl (C=O) groups is 1. The number of benzene rings is 2. The summed E-state index contributed by atoms with van der Waals surface area (Å²) in [5, 5.41) is 11.4. The van der Waals surface area contributed by atoms with Crippen LogP contribution in [0, 0.1) is 0 Å². The molecule has 35 heavy (non-hydrogen) atoms. The first-order chi connectivity index (χ1) is 16.8. The average molecular weight is 498 g/mol. The van der Waals surface area contributed by atoms with E-state index in [-0.39, 0.29) is 28.9 Å². The number of sulfonamides is 1. The zero-order chi connectivity index (χ0) is 25.0. The Kier molecular flexibility index (Phi) is 6.73. The summed E-state index contributed by atoms with van der Waals surface area (Å²) in [6.07, 6.45) is 2.97. The molecule has 0 aliphatic carbocycles. The van der Waals surface area contributed by atoms with Crippen molar-refractivity contribution < 1.29 is 27.2 Å². The van der Waals surface area contributed by atoms with Crippen molar-refractivity contribution in [2.24, 2.45) is 0 Å². The van der Waals surface area contributed by atoms with Crippen molar-refractivity contribution in [3.63, 3.8) is 0 Å². The Morgan fingerprint density at radius 3 is 2.69 bits per heavy atom. The first-order valence-corrected chi connectivity index (χ1v) is 11.9. The van der Waals surface area contributed by atoms with Crippen LogP contribution in [0.25, 0.3) is 11.0 Å². The van der Waals surface area contributed by atoms with E-state index < -0.39 is 10.0 Å². The molecular formula is C23H23N5O6S. The molecule has 2 heterocycles. The van der Waals surface area contributed by atoms with Crippen LogP contribution >= 0.6 is 0 Å². The third kappa shape index (κ3) is 5.11. The maximum absolute atomic E-state index is 13.0. The number of ether oxygens (including phenoxy) is 2. The number of nitrogens with one attached hydrogen (secondary N) is 2. The number of hydrogen-bond donors (Lipinski definition) is 2. The van der Waals surface area contributed by atoms with Gasteiger partial charge in [0.15, 0.2) is 11.4 Å². The van der Waals surface area contributed by atoms with Gasteiger partial charge >= 0.3 is 0 Å². The quantitative estimate of drug-likeness (QED) is 0.319. The van der Waals surface area contributed by atoms with E-state index in [2.05, 4.69) is 26.9 Å². The number of hydrogen-bond acceptors (Lipinski definition) is 8. The number of rotatable bonds is 10. The average Bonchev–Trinajstić information content (AvgIpc) is 3.48. The molecule has 0 saturated carbocycles. The predicted molar refractivity (Wildman–Crippen MR) is 128 cm³/mol. The number of para-hydroxylation sites is 1. The molecule has 0 unspecified atom stereocenters. The van der Waals surface area contributed by atoms with E-state index in [4.69, 9.17) is 14.0 Å². The van der Waals surface area contributed by atoms with Crippen molar-refractivity contribution in [3.05, 3.63) is 72.6 Å². The van der Waals surface area contributed by atoms with Crippen LogP contribution in [0.4, 0.5) is 5.82 Å². The maximum Gasteiger partial charge on any atom is 0.266 e. The fourth-order valence-corrected chi connectivity index (χ4v) is 4.64. The van der Waals surface area contributed by atoms with Gasteiger partial charge in [-0.25, -0.2) is 8.42 Å². The lowest BCUT2D eigenvalue weighted by atomic mass is 10.1. The molecule has 0 aliphatic heterocycles. The summed E-state index contributed by atoms with van der Waals surface area (Å²) in [4.78, 5) is 11.3. The molecule has 0 aliphatic rings. The Bertz CT molecular complexity index is 1490. The molecule has 0 radical (unpaired) electrons. The van der Waals surface area contributed by atoms with Crippen molar-refractivity contribution in [2.45, 2.75) is 18.0 Å². The van der Waals surface area contributed by atoms with Crippen molar-refractivity contribution in [3.8, 4) is 11.5 Å². The highest BCUT2D eigenvalue weighted by Crippen LogP contribution is 2.35. The van der Waals surface area contributed by atoms with E-state index in [1.165, 1.54) is 26.4 Å². The molecule has 11 nitrogen and oxygen atoms in total. The second-order valence-corrected chi connectivity index (χ2v) is 9.04. The van der Waals surface area contributed by atoms with Gasteiger partial charge < -0.3 is 19.3 Å². The van der Waals surface area contributed by atoms with E-state index in [0.717, 1.165) is 5.56 Å². The second kappa shape index (κ2) is 9.89. The Labute approximate surface area is 201 Å². The van der Waals surface area contributed by atoms with Crippen LogP contribution in [-0.2, 0) is 27.9 Å². The first-order valence-electron chi connectivity index (χ1n) is 10.4. The maximum atomic E-state index is 13.0. The summed E-state index contributed by atoms with van der Waals surface area (Å²) in [5.41, 5.74) is 1.80. The topological polar surface area (TPSA) is 138 Å². The molecule has 0 bridgehead atoms. The number of carbonyl (C=O) groups excluding carboxylic acids is 1. The largest absolute Gasteiger partial charge is 0.496 e. The summed E-state index contributed by atoms with van der Waals surface area (Å²) >= 11 is 0. The molecular weight excluding hydrogens is 474 g/mol. The number of anilines is 1. The van der Waals surface area contributed by atoms with Gasteiger partial charge in [0.1, 0.15) is 21.8 Å². The molecule has 2 aromatic heterocycles. The van der Waals surface area contributed by atoms with Crippen LogP contribution in [0.15, 0.2) is 70.7 Å². The minimum Gasteiger partial charge on any atom is -0.496 e. The number of amides is 1. The molecule has 0 spiro atoms. The zero-order valence-electron chi connectivity index (χ0n) is 19.0. The number of nitrogens with zero attached hydrogens (tertiary/aromatic N) is 3. The van der Waals surface area contributed by atoms with Gasteiger partial charge in [-0.05, 0) is 42.0 Å². The molecule has 2 aromatic carbocycles. The lowest BCUT2D eigenvalue weighted by Crippen LogP contribution is -2.20. The van der Waals surface area contributed by atoms with E-state index in [9.17, 15) is 13.2 Å². The van der Waals surface area contributed by atoms with Gasteiger partial charge in [-0.15, -0.1) is 0 Å². The van der Waals surface area contributed by atoms with E-state index in [1.807, 2.05) is 0 Å². The molecule has 4 rings (SSSR count). The molecule has 0 fully saturated rings. The molecule has 4 aromatic rings. The van der Waals surface area contributed by atoms with Crippen molar-refractivity contribution in [2.75, 3.05) is 18.9 Å². The van der Waals surface area contributed by atoms with Crippen molar-refractivity contribution in [1.82, 2.24) is 20.3 Å². The Morgan fingerprint density at radius 1 is 1.17 bits per heavy atom. The summed E-state index contributed by atoms with van der Waals surface area (Å²) in [5.74, 6) is 0.289. The SMILES string of the molecule is C=CC(=O)NCc1ccn(Cc2cc(OC)c3c(NS(=O)(=O)c4ccccc4OC)noc3c2)n1. The summed E-state index contributed by atoms with van der Waals surface area (Å²) in [6.45, 7) is 4.07. The van der Waals surface area contributed by atoms with Gasteiger partial charge in [0.25, 0.3) is 10.0 Å². The van der Waals surface area contributed by atoms with Crippen LogP contribution in [0.1, 0.15) is 11.3 Å². The number of methoxy groups -OCH3 is 2. The predicted octanol–water partition coefficient (Wildman–Crippen LogP) is 2.69. The van der Waals surface area contributed by atoms with Gasteiger partial charge in [0, 0.05) is 6.20 Å². The Balaban J connectivity index is 1.59. The number of aromatic nitrogens is 3. The van der Waals surface area contributed by atoms with E-state index in [0.29, 0.717) is 29.0 Å². The van der Waals surface area contributed by atoms with Gasteiger partial charge in [0.05, 0.1) is 33.0 Å². The molecule has 2 N–H and O–H groups in total. The molecule has 1 amide bonds.